The van der Waals surface area contributed by atoms with Gasteiger partial charge in [-0.3, -0.25) is 4.79 Å². The maximum atomic E-state index is 13.3. The summed E-state index contributed by atoms with van der Waals surface area (Å²) in [5, 5.41) is 9.37. The molecule has 0 radical (unpaired) electrons. The average molecular weight is 346 g/mol. The molecule has 0 saturated heterocycles. The number of hydrogen-bond acceptors (Lipinski definition) is 4. The van der Waals surface area contributed by atoms with Crippen molar-refractivity contribution in [2.24, 2.45) is 5.92 Å². The van der Waals surface area contributed by atoms with Crippen LogP contribution in [0.4, 0.5) is 4.39 Å². The minimum atomic E-state index is -0.307. The van der Waals surface area contributed by atoms with E-state index < -0.39 is 0 Å². The standard InChI is InChI=1S/C17H19FN4OS/c1-11(2)8-15(23)19-7-6-14-10-24-17-20-16(21-22(14)17)12-4-3-5-13(18)9-12/h3-5,9-11H,6-8H2,1-2H3,(H,19,23). The first-order valence-corrected chi connectivity index (χ1v) is 8.76. The van der Waals surface area contributed by atoms with Crippen LogP contribution in [0.1, 0.15) is 26.0 Å². The van der Waals surface area contributed by atoms with E-state index in [4.69, 9.17) is 0 Å². The van der Waals surface area contributed by atoms with Crippen molar-refractivity contribution in [1.82, 2.24) is 19.9 Å². The van der Waals surface area contributed by atoms with E-state index in [1.807, 2.05) is 19.2 Å². The molecule has 0 aliphatic carbocycles. The Kier molecular flexibility index (Phi) is 4.89. The van der Waals surface area contributed by atoms with E-state index in [2.05, 4.69) is 15.4 Å². The molecule has 126 valence electrons. The van der Waals surface area contributed by atoms with Crippen molar-refractivity contribution in [2.45, 2.75) is 26.7 Å². The van der Waals surface area contributed by atoms with Crippen molar-refractivity contribution in [3.05, 3.63) is 41.2 Å². The number of benzene rings is 1. The second-order valence-corrected chi connectivity index (χ2v) is 6.90. The van der Waals surface area contributed by atoms with Crippen LogP contribution in [0.5, 0.6) is 0 Å². The lowest BCUT2D eigenvalue weighted by molar-refractivity contribution is -0.121. The molecule has 0 spiro atoms. The molecule has 0 aliphatic rings. The lowest BCUT2D eigenvalue weighted by Gasteiger charge is -2.06. The van der Waals surface area contributed by atoms with Gasteiger partial charge in [-0.05, 0) is 18.1 Å². The van der Waals surface area contributed by atoms with Crippen LogP contribution in [0.25, 0.3) is 16.3 Å². The van der Waals surface area contributed by atoms with E-state index in [0.29, 0.717) is 36.7 Å². The highest BCUT2D eigenvalue weighted by Crippen LogP contribution is 2.21. The third-order valence-electron chi connectivity index (χ3n) is 3.53. The Bertz CT molecular complexity index is 855. The maximum absolute atomic E-state index is 13.3. The summed E-state index contributed by atoms with van der Waals surface area (Å²) >= 11 is 1.49. The van der Waals surface area contributed by atoms with Crippen LogP contribution in [0, 0.1) is 11.7 Å². The number of carbonyl (C=O) groups excluding carboxylic acids is 1. The smallest absolute Gasteiger partial charge is 0.220 e. The molecular weight excluding hydrogens is 327 g/mol. The van der Waals surface area contributed by atoms with E-state index in [9.17, 15) is 9.18 Å². The van der Waals surface area contributed by atoms with Crippen molar-refractivity contribution >= 4 is 22.2 Å². The topological polar surface area (TPSA) is 59.3 Å². The van der Waals surface area contributed by atoms with E-state index in [0.717, 1.165) is 10.7 Å². The van der Waals surface area contributed by atoms with Crippen molar-refractivity contribution in [3.8, 4) is 11.4 Å². The molecule has 0 fully saturated rings. The highest BCUT2D eigenvalue weighted by Gasteiger charge is 2.12. The number of halogens is 1. The Morgan fingerprint density at radius 2 is 2.25 bits per heavy atom. The van der Waals surface area contributed by atoms with Gasteiger partial charge in [-0.15, -0.1) is 16.4 Å². The Morgan fingerprint density at radius 1 is 1.42 bits per heavy atom. The van der Waals surface area contributed by atoms with Gasteiger partial charge in [-0.1, -0.05) is 26.0 Å². The zero-order chi connectivity index (χ0) is 17.1. The van der Waals surface area contributed by atoms with Gasteiger partial charge in [0.05, 0.1) is 5.69 Å². The molecule has 0 aliphatic heterocycles. The monoisotopic (exact) mass is 346 g/mol. The predicted octanol–water partition coefficient (Wildman–Crippen LogP) is 3.30. The van der Waals surface area contributed by atoms with E-state index in [1.165, 1.54) is 23.5 Å². The SMILES string of the molecule is CC(C)CC(=O)NCCc1csc2nc(-c3cccc(F)c3)nn12. The third-order valence-corrected chi connectivity index (χ3v) is 4.39. The van der Waals surface area contributed by atoms with Crippen molar-refractivity contribution in [3.63, 3.8) is 0 Å². The van der Waals surface area contributed by atoms with Crippen LogP contribution in [0.2, 0.25) is 0 Å². The van der Waals surface area contributed by atoms with Gasteiger partial charge < -0.3 is 5.32 Å². The van der Waals surface area contributed by atoms with Crippen LogP contribution >= 0.6 is 11.3 Å². The van der Waals surface area contributed by atoms with Crippen LogP contribution in [0.15, 0.2) is 29.6 Å². The van der Waals surface area contributed by atoms with Crippen molar-refractivity contribution < 1.29 is 9.18 Å². The highest BCUT2D eigenvalue weighted by atomic mass is 32.1. The van der Waals surface area contributed by atoms with E-state index >= 15 is 0 Å². The molecule has 3 aromatic rings. The minimum Gasteiger partial charge on any atom is -0.356 e. The lowest BCUT2D eigenvalue weighted by atomic mass is 10.1. The van der Waals surface area contributed by atoms with Gasteiger partial charge in [0.2, 0.25) is 10.9 Å². The summed E-state index contributed by atoms with van der Waals surface area (Å²) in [6.07, 6.45) is 1.21. The first kappa shape index (κ1) is 16.6. The number of aromatic nitrogens is 3. The molecule has 1 N–H and O–H groups in total. The summed E-state index contributed by atoms with van der Waals surface area (Å²) in [5.74, 6) is 0.614. The third kappa shape index (κ3) is 3.79. The van der Waals surface area contributed by atoms with Gasteiger partial charge in [0, 0.05) is 30.3 Å². The second-order valence-electron chi connectivity index (χ2n) is 6.07. The second kappa shape index (κ2) is 7.09. The van der Waals surface area contributed by atoms with Gasteiger partial charge in [0.1, 0.15) is 5.82 Å². The van der Waals surface area contributed by atoms with Gasteiger partial charge >= 0.3 is 0 Å². The van der Waals surface area contributed by atoms with Crippen LogP contribution in [-0.4, -0.2) is 27.0 Å². The van der Waals surface area contributed by atoms with E-state index in [-0.39, 0.29) is 11.7 Å². The maximum Gasteiger partial charge on any atom is 0.220 e. The molecule has 0 unspecified atom stereocenters. The summed E-state index contributed by atoms with van der Waals surface area (Å²) in [6.45, 7) is 4.60. The molecule has 3 rings (SSSR count). The van der Waals surface area contributed by atoms with Crippen molar-refractivity contribution in [2.75, 3.05) is 6.54 Å². The number of nitrogens with one attached hydrogen (secondary N) is 1. The summed E-state index contributed by atoms with van der Waals surface area (Å²) in [4.78, 5) is 16.9. The summed E-state index contributed by atoms with van der Waals surface area (Å²) in [6, 6.07) is 6.25. The zero-order valence-electron chi connectivity index (χ0n) is 13.6. The number of carbonyl (C=O) groups is 1. The quantitative estimate of drug-likeness (QED) is 0.745. The molecule has 2 heterocycles. The number of fused-ring (bicyclic) bond motifs is 1. The fraction of sp³-hybridized carbons (Fsp3) is 0.353. The Balaban J connectivity index is 1.70. The Hall–Kier alpha value is -2.28. The summed E-state index contributed by atoms with van der Waals surface area (Å²) < 4.78 is 15.1. The number of amides is 1. The first-order valence-electron chi connectivity index (χ1n) is 7.88. The molecule has 0 bridgehead atoms. The molecule has 1 aromatic carbocycles. The van der Waals surface area contributed by atoms with Gasteiger partial charge in [-0.25, -0.2) is 8.91 Å². The normalized spacial score (nSPS) is 11.3. The lowest BCUT2D eigenvalue weighted by Crippen LogP contribution is -2.26. The highest BCUT2D eigenvalue weighted by molar-refractivity contribution is 7.15. The minimum absolute atomic E-state index is 0.0653. The molecule has 0 saturated carbocycles. The molecule has 1 amide bonds. The van der Waals surface area contributed by atoms with Gasteiger partial charge in [0.25, 0.3) is 0 Å². The zero-order valence-corrected chi connectivity index (χ0v) is 14.4. The van der Waals surface area contributed by atoms with Gasteiger partial charge in [-0.2, -0.15) is 4.98 Å². The molecule has 0 atom stereocenters. The molecule has 7 heteroatoms. The Labute approximate surface area is 143 Å². The fourth-order valence-corrected chi connectivity index (χ4v) is 3.28. The molecule has 5 nitrogen and oxygen atoms in total. The van der Waals surface area contributed by atoms with E-state index in [1.54, 1.807) is 16.6 Å². The number of hydrogen-bond donors (Lipinski definition) is 1. The Morgan fingerprint density at radius 3 is 3.00 bits per heavy atom. The number of thiazole rings is 1. The van der Waals surface area contributed by atoms with Crippen LogP contribution in [-0.2, 0) is 11.2 Å². The van der Waals surface area contributed by atoms with Crippen LogP contribution < -0.4 is 5.32 Å². The summed E-state index contributed by atoms with van der Waals surface area (Å²) in [5.41, 5.74) is 1.64. The number of nitrogens with zero attached hydrogens (tertiary/aromatic N) is 3. The first-order chi connectivity index (χ1) is 11.5. The largest absolute Gasteiger partial charge is 0.356 e. The van der Waals surface area contributed by atoms with Crippen LogP contribution in [0.3, 0.4) is 0 Å². The molecule has 24 heavy (non-hydrogen) atoms. The summed E-state index contributed by atoms with van der Waals surface area (Å²) in [7, 11) is 0. The average Bonchev–Trinajstić information content (AvgIpc) is 3.08. The predicted molar refractivity (Wildman–Crippen MR) is 92.4 cm³/mol. The number of rotatable bonds is 6. The fourth-order valence-electron chi connectivity index (χ4n) is 2.42. The van der Waals surface area contributed by atoms with Crippen molar-refractivity contribution in [1.29, 1.82) is 0 Å². The molecular formula is C17H19FN4OS. The molecule has 2 aromatic heterocycles. The van der Waals surface area contributed by atoms with Gasteiger partial charge in [0.15, 0.2) is 5.82 Å².